The number of amides is 1. The van der Waals surface area contributed by atoms with Crippen molar-refractivity contribution in [2.45, 2.75) is 39.3 Å². The molecule has 0 fully saturated rings. The topological polar surface area (TPSA) is 68.5 Å². The minimum absolute atomic E-state index is 0. The summed E-state index contributed by atoms with van der Waals surface area (Å²) >= 11 is 0. The molecule has 1 amide bonds. The molecular weight excluding hydrogens is 258 g/mol. The van der Waals surface area contributed by atoms with Gasteiger partial charge < -0.3 is 20.0 Å². The van der Waals surface area contributed by atoms with E-state index in [2.05, 4.69) is 5.32 Å². The van der Waals surface area contributed by atoms with Gasteiger partial charge in [-0.15, -0.1) is 0 Å². The Kier molecular flexibility index (Phi) is 7.98. The number of hydrogen-bond donors (Lipinski definition) is 1. The van der Waals surface area contributed by atoms with Crippen LogP contribution in [0.5, 0.6) is 0 Å². The van der Waals surface area contributed by atoms with E-state index in [1.165, 1.54) is 6.92 Å². The molecule has 1 N–H and O–H groups in total. The predicted octanol–water partition coefficient (Wildman–Crippen LogP) is 0.888. The average Bonchev–Trinajstić information content (AvgIpc) is 1.82. The Hall–Kier alpha value is 0.269. The molecule has 4 nitrogen and oxygen atoms in total. The molecule has 0 rings (SSSR count). The number of carbonyl (C=O) groups excluding carboxylic acids is 2. The molecule has 2 radical (unpaired) electrons. The van der Waals surface area contributed by atoms with E-state index < -0.39 is 17.4 Å². The molecule has 1 unspecified atom stereocenters. The minimum Gasteiger partial charge on any atom is -0.655 e. The third kappa shape index (κ3) is 6.68. The van der Waals surface area contributed by atoms with Crippen molar-refractivity contribution in [3.63, 3.8) is 0 Å². The molecule has 0 aliphatic heterocycles. The van der Waals surface area contributed by atoms with Gasteiger partial charge in [0.1, 0.15) is 0 Å². The van der Waals surface area contributed by atoms with Gasteiger partial charge in [0, 0.05) is 44.6 Å². The van der Waals surface area contributed by atoms with Gasteiger partial charge in [-0.25, -0.2) is 0 Å². The van der Waals surface area contributed by atoms with Crippen LogP contribution in [-0.4, -0.2) is 35.5 Å². The van der Waals surface area contributed by atoms with E-state index in [1.54, 1.807) is 20.8 Å². The second-order valence-corrected chi connectivity index (χ2v) is 3.53. The molecular formula is C8H14BNO3Y-. The molecule has 6 heteroatoms. The molecule has 76 valence electrons. The molecule has 0 heterocycles. The standard InChI is InChI=1S/C8H15BNO3.Y/c1-5(11)8(3,4)10-7(13)9-6(2)12;/h5,11H,1-4H3,(H,10,13);/p-1. The van der Waals surface area contributed by atoms with Gasteiger partial charge in [0.2, 0.25) is 0 Å². The third-order valence-corrected chi connectivity index (χ3v) is 1.75. The number of rotatable bonds is 4. The van der Waals surface area contributed by atoms with Gasteiger partial charge >= 0.3 is 0 Å². The van der Waals surface area contributed by atoms with Crippen molar-refractivity contribution in [3.05, 3.63) is 5.32 Å². The van der Waals surface area contributed by atoms with Crippen LogP contribution in [0.2, 0.25) is 0 Å². The summed E-state index contributed by atoms with van der Waals surface area (Å²) in [5.41, 5.74) is -1.18. The van der Waals surface area contributed by atoms with Crippen molar-refractivity contribution < 1.29 is 47.4 Å². The summed E-state index contributed by atoms with van der Waals surface area (Å²) in [6.45, 7) is 6.08. The molecule has 0 saturated carbocycles. The summed E-state index contributed by atoms with van der Waals surface area (Å²) in [5, 5.41) is 12.9. The largest absolute Gasteiger partial charge is 0.655 e. The smallest absolute Gasteiger partial charge is 0.264 e. The SMILES string of the molecule is CC(=O)[B]C(=O)[N-]C(C)(C)C(C)O.[Y]. The van der Waals surface area contributed by atoms with Gasteiger partial charge in [0.25, 0.3) is 7.28 Å². The van der Waals surface area contributed by atoms with E-state index in [1.807, 2.05) is 0 Å². The van der Waals surface area contributed by atoms with E-state index in [0.717, 1.165) is 7.28 Å². The molecule has 0 spiro atoms. The van der Waals surface area contributed by atoms with E-state index in [9.17, 15) is 14.7 Å². The number of carbonyl (C=O) groups is 2. The molecule has 0 aromatic carbocycles. The van der Waals surface area contributed by atoms with Crippen molar-refractivity contribution in [3.8, 4) is 0 Å². The van der Waals surface area contributed by atoms with Gasteiger partial charge in [-0.3, -0.25) is 0 Å². The van der Waals surface area contributed by atoms with Crippen LogP contribution in [0.1, 0.15) is 27.7 Å². The normalized spacial score (nSPS) is 12.4. The van der Waals surface area contributed by atoms with Gasteiger partial charge in [0.05, 0.1) is 5.68 Å². The van der Waals surface area contributed by atoms with Crippen molar-refractivity contribution in [2.24, 2.45) is 0 Å². The van der Waals surface area contributed by atoms with E-state index in [4.69, 9.17) is 0 Å². The summed E-state index contributed by atoms with van der Waals surface area (Å²) in [4.78, 5) is 21.5. The predicted molar refractivity (Wildman–Crippen MR) is 50.9 cm³/mol. The quantitative estimate of drug-likeness (QED) is 0.772. The zero-order valence-electron chi connectivity index (χ0n) is 8.94. The Morgan fingerprint density at radius 3 is 2.14 bits per heavy atom. The molecule has 0 saturated heterocycles. The number of aliphatic hydroxyl groups is 1. The van der Waals surface area contributed by atoms with Crippen molar-refractivity contribution in [1.82, 2.24) is 0 Å². The van der Waals surface area contributed by atoms with Crippen LogP contribution in [0.4, 0.5) is 4.79 Å². The van der Waals surface area contributed by atoms with Gasteiger partial charge in [-0.05, 0) is 13.8 Å². The zero-order chi connectivity index (χ0) is 10.6. The number of nitrogens with zero attached hydrogens (tertiary/aromatic N) is 1. The first-order valence-electron chi connectivity index (χ1n) is 4.06. The van der Waals surface area contributed by atoms with Crippen LogP contribution in [-0.2, 0) is 37.5 Å². The molecule has 0 aromatic heterocycles. The zero-order valence-corrected chi connectivity index (χ0v) is 11.8. The first kappa shape index (κ1) is 16.7. The Balaban J connectivity index is 0. The summed E-state index contributed by atoms with van der Waals surface area (Å²) in [5.74, 6) is -0.599. The van der Waals surface area contributed by atoms with E-state index >= 15 is 0 Å². The fourth-order valence-corrected chi connectivity index (χ4v) is 0.584. The van der Waals surface area contributed by atoms with Crippen LogP contribution in [0.3, 0.4) is 0 Å². The maximum atomic E-state index is 11.0. The molecule has 0 bridgehead atoms. The fourth-order valence-electron chi connectivity index (χ4n) is 0.584. The van der Waals surface area contributed by atoms with Crippen LogP contribution < -0.4 is 0 Å². The van der Waals surface area contributed by atoms with Crippen molar-refractivity contribution >= 4 is 18.8 Å². The first-order chi connectivity index (χ1) is 5.75. The molecule has 0 aliphatic carbocycles. The van der Waals surface area contributed by atoms with Crippen LogP contribution in [0.25, 0.3) is 5.32 Å². The van der Waals surface area contributed by atoms with E-state index in [0.29, 0.717) is 0 Å². The molecule has 1 atom stereocenters. The maximum Gasteiger partial charge on any atom is 0.264 e. The fraction of sp³-hybridized carbons (Fsp3) is 0.750. The van der Waals surface area contributed by atoms with Crippen LogP contribution in [0.15, 0.2) is 0 Å². The minimum atomic E-state index is -0.844. The monoisotopic (exact) mass is 272 g/mol. The molecule has 0 aliphatic rings. The second kappa shape index (κ2) is 6.70. The Morgan fingerprint density at radius 1 is 1.43 bits per heavy atom. The molecule has 14 heavy (non-hydrogen) atoms. The summed E-state index contributed by atoms with van der Waals surface area (Å²) in [6, 6.07) is 0. The third-order valence-electron chi connectivity index (χ3n) is 1.75. The van der Waals surface area contributed by atoms with Gasteiger partial charge in [-0.1, -0.05) is 19.4 Å². The van der Waals surface area contributed by atoms with Gasteiger partial charge in [-0.2, -0.15) is 0 Å². The average molecular weight is 272 g/mol. The second-order valence-electron chi connectivity index (χ2n) is 3.53. The van der Waals surface area contributed by atoms with Crippen molar-refractivity contribution in [2.75, 3.05) is 0 Å². The van der Waals surface area contributed by atoms with E-state index in [-0.39, 0.29) is 38.4 Å². The number of aliphatic hydroxyl groups excluding tert-OH is 1. The number of hydrogen-bond acceptors (Lipinski definition) is 3. The summed E-state index contributed by atoms with van der Waals surface area (Å²) in [7, 11) is 0.907. The Bertz CT molecular complexity index is 219. The Morgan fingerprint density at radius 2 is 1.86 bits per heavy atom. The van der Waals surface area contributed by atoms with Crippen LogP contribution in [0, 0.1) is 0 Å². The summed E-state index contributed by atoms with van der Waals surface area (Å²) < 4.78 is 0. The first-order valence-corrected chi connectivity index (χ1v) is 4.06. The van der Waals surface area contributed by atoms with Crippen molar-refractivity contribution in [1.29, 1.82) is 0 Å². The summed E-state index contributed by atoms with van der Waals surface area (Å²) in [6.07, 6.45) is -0.725. The molecule has 0 aromatic rings. The maximum absolute atomic E-state index is 11.0. The van der Waals surface area contributed by atoms with Gasteiger partial charge in [0.15, 0.2) is 0 Å². The Labute approximate surface area is 110 Å². The van der Waals surface area contributed by atoms with Crippen LogP contribution >= 0.6 is 0 Å².